The minimum atomic E-state index is -0.276. The third kappa shape index (κ3) is 3.41. The van der Waals surface area contributed by atoms with Crippen molar-refractivity contribution in [2.24, 2.45) is 0 Å². The molecule has 0 radical (unpaired) electrons. The lowest BCUT2D eigenvalue weighted by Gasteiger charge is -2.32. The number of hydrogen-bond acceptors (Lipinski definition) is 2. The van der Waals surface area contributed by atoms with Crippen molar-refractivity contribution in [2.75, 3.05) is 0 Å². The average molecular weight is 279 g/mol. The van der Waals surface area contributed by atoms with Crippen molar-refractivity contribution in [1.29, 1.82) is 0 Å². The van der Waals surface area contributed by atoms with E-state index in [9.17, 15) is 0 Å². The van der Waals surface area contributed by atoms with Gasteiger partial charge in [-0.05, 0) is 51.8 Å². The highest BCUT2D eigenvalue weighted by Gasteiger charge is 2.49. The van der Waals surface area contributed by atoms with Crippen LogP contribution >= 0.6 is 11.6 Å². The third-order valence-electron chi connectivity index (χ3n) is 3.83. The van der Waals surface area contributed by atoms with Gasteiger partial charge < -0.3 is 9.31 Å². The molecule has 1 saturated heterocycles. The molecular weight excluding hydrogens is 258 g/mol. The van der Waals surface area contributed by atoms with Gasteiger partial charge in [0.2, 0.25) is 0 Å². The summed E-state index contributed by atoms with van der Waals surface area (Å²) in [6, 6.07) is 7.85. The summed E-state index contributed by atoms with van der Waals surface area (Å²) in [6.45, 7) is 8.22. The van der Waals surface area contributed by atoms with Gasteiger partial charge in [-0.2, -0.15) is 0 Å². The van der Waals surface area contributed by atoms with Gasteiger partial charge in [0.1, 0.15) is 0 Å². The smallest absolute Gasteiger partial charge is 0.400 e. The maximum absolute atomic E-state index is 5.89. The van der Waals surface area contributed by atoms with E-state index >= 15 is 0 Å². The van der Waals surface area contributed by atoms with Gasteiger partial charge in [-0.25, -0.2) is 0 Å². The van der Waals surface area contributed by atoms with E-state index in [-0.39, 0.29) is 18.3 Å². The Balaban J connectivity index is 1.92. The molecule has 102 valence electrons. The predicted molar refractivity (Wildman–Crippen MR) is 80.4 cm³/mol. The van der Waals surface area contributed by atoms with Crippen molar-refractivity contribution in [2.45, 2.75) is 45.3 Å². The minimum Gasteiger partial charge on any atom is -0.400 e. The fraction of sp³-hybridized carbons (Fsp3) is 0.467. The first-order chi connectivity index (χ1) is 8.80. The van der Waals surface area contributed by atoms with E-state index in [1.807, 2.05) is 30.2 Å². The molecule has 4 heteroatoms. The van der Waals surface area contributed by atoms with E-state index < -0.39 is 0 Å². The van der Waals surface area contributed by atoms with Crippen LogP contribution in [0.1, 0.15) is 33.3 Å². The monoisotopic (exact) mass is 278 g/mol. The SMILES string of the molecule is CC1(C)OB(C=CCc2ccc(Cl)cc2)OC1(C)C. The number of rotatable bonds is 3. The Labute approximate surface area is 120 Å². The van der Waals surface area contributed by atoms with Gasteiger partial charge in [-0.3, -0.25) is 0 Å². The maximum Gasteiger partial charge on any atom is 0.486 e. The Kier molecular flexibility index (Phi) is 4.10. The van der Waals surface area contributed by atoms with Gasteiger partial charge in [0.05, 0.1) is 11.2 Å². The highest BCUT2D eigenvalue weighted by molar-refractivity contribution is 6.51. The van der Waals surface area contributed by atoms with Gasteiger partial charge in [0, 0.05) is 5.02 Å². The molecule has 0 spiro atoms. The van der Waals surface area contributed by atoms with Crippen LogP contribution in [0.25, 0.3) is 0 Å². The van der Waals surface area contributed by atoms with Crippen LogP contribution in [0.4, 0.5) is 0 Å². The highest BCUT2D eigenvalue weighted by atomic mass is 35.5. The fourth-order valence-electron chi connectivity index (χ4n) is 1.90. The Morgan fingerprint density at radius 3 is 2.11 bits per heavy atom. The summed E-state index contributed by atoms with van der Waals surface area (Å²) >= 11 is 5.85. The Bertz CT molecular complexity index is 450. The molecule has 0 bridgehead atoms. The van der Waals surface area contributed by atoms with Crippen molar-refractivity contribution in [3.8, 4) is 0 Å². The molecule has 0 atom stereocenters. The second kappa shape index (κ2) is 5.32. The van der Waals surface area contributed by atoms with Crippen LogP contribution in [-0.4, -0.2) is 18.3 Å². The van der Waals surface area contributed by atoms with E-state index in [1.54, 1.807) is 0 Å². The van der Waals surface area contributed by atoms with E-state index in [2.05, 4.69) is 33.8 Å². The molecule has 1 heterocycles. The van der Waals surface area contributed by atoms with E-state index in [0.717, 1.165) is 11.4 Å². The Morgan fingerprint density at radius 1 is 1.05 bits per heavy atom. The van der Waals surface area contributed by atoms with Crippen LogP contribution in [0, 0.1) is 0 Å². The normalized spacial score (nSPS) is 21.2. The molecule has 2 nitrogen and oxygen atoms in total. The first-order valence-electron chi connectivity index (χ1n) is 6.57. The highest BCUT2D eigenvalue weighted by Crippen LogP contribution is 2.36. The van der Waals surface area contributed by atoms with Gasteiger partial charge in [-0.1, -0.05) is 35.8 Å². The van der Waals surface area contributed by atoms with E-state index in [0.29, 0.717) is 0 Å². The van der Waals surface area contributed by atoms with Crippen molar-refractivity contribution >= 4 is 18.7 Å². The molecule has 0 N–H and O–H groups in total. The molecule has 0 aliphatic carbocycles. The third-order valence-corrected chi connectivity index (χ3v) is 4.08. The number of hydrogen-bond donors (Lipinski definition) is 0. The molecule has 2 rings (SSSR count). The quantitative estimate of drug-likeness (QED) is 0.776. The molecule has 1 aromatic carbocycles. The van der Waals surface area contributed by atoms with Gasteiger partial charge in [0.25, 0.3) is 0 Å². The van der Waals surface area contributed by atoms with Crippen LogP contribution < -0.4 is 0 Å². The first-order valence-corrected chi connectivity index (χ1v) is 6.95. The van der Waals surface area contributed by atoms with Gasteiger partial charge in [0.15, 0.2) is 0 Å². The molecule has 1 aromatic rings. The molecule has 0 unspecified atom stereocenters. The van der Waals surface area contributed by atoms with Gasteiger partial charge >= 0.3 is 7.12 Å². The zero-order valence-electron chi connectivity index (χ0n) is 11.9. The summed E-state index contributed by atoms with van der Waals surface area (Å²) < 4.78 is 11.8. The van der Waals surface area contributed by atoms with Crippen LogP contribution in [0.5, 0.6) is 0 Å². The lowest BCUT2D eigenvalue weighted by atomic mass is 9.89. The average Bonchev–Trinajstić information content (AvgIpc) is 2.50. The topological polar surface area (TPSA) is 18.5 Å². The van der Waals surface area contributed by atoms with Crippen LogP contribution in [0.15, 0.2) is 36.3 Å². The van der Waals surface area contributed by atoms with E-state index in [1.165, 1.54) is 5.56 Å². The second-order valence-corrected chi connectivity index (χ2v) is 6.32. The Morgan fingerprint density at radius 2 is 1.58 bits per heavy atom. The molecule has 1 aliphatic rings. The van der Waals surface area contributed by atoms with Crippen molar-refractivity contribution in [1.82, 2.24) is 0 Å². The lowest BCUT2D eigenvalue weighted by molar-refractivity contribution is 0.00578. The molecule has 1 fully saturated rings. The summed E-state index contributed by atoms with van der Waals surface area (Å²) in [5.41, 5.74) is 0.669. The number of benzene rings is 1. The molecule has 0 aromatic heterocycles. The molecule has 1 aliphatic heterocycles. The van der Waals surface area contributed by atoms with Gasteiger partial charge in [-0.15, -0.1) is 0 Å². The van der Waals surface area contributed by atoms with E-state index in [4.69, 9.17) is 20.9 Å². The largest absolute Gasteiger partial charge is 0.486 e. The zero-order chi connectivity index (χ0) is 14.1. The predicted octanol–water partition coefficient (Wildman–Crippen LogP) is 4.07. The maximum atomic E-state index is 5.89. The zero-order valence-corrected chi connectivity index (χ0v) is 12.7. The summed E-state index contributed by atoms with van der Waals surface area (Å²) in [5.74, 6) is 1.98. The van der Waals surface area contributed by atoms with Crippen LogP contribution in [-0.2, 0) is 15.7 Å². The van der Waals surface area contributed by atoms with Crippen LogP contribution in [0.3, 0.4) is 0 Å². The Hall–Kier alpha value is -0.765. The summed E-state index contributed by atoms with van der Waals surface area (Å²) in [5, 5.41) is 0.763. The number of allylic oxidation sites excluding steroid dienone is 1. The molecule has 19 heavy (non-hydrogen) atoms. The van der Waals surface area contributed by atoms with Crippen molar-refractivity contribution in [3.63, 3.8) is 0 Å². The lowest BCUT2D eigenvalue weighted by Crippen LogP contribution is -2.41. The summed E-state index contributed by atoms with van der Waals surface area (Å²) in [4.78, 5) is 0. The summed E-state index contributed by atoms with van der Waals surface area (Å²) in [6.07, 6.45) is 2.92. The first kappa shape index (κ1) is 14.6. The summed E-state index contributed by atoms with van der Waals surface area (Å²) in [7, 11) is -0.266. The molecule has 0 amide bonds. The molecule has 0 saturated carbocycles. The molecular formula is C15H20BClO2. The second-order valence-electron chi connectivity index (χ2n) is 5.88. The number of halogens is 1. The van der Waals surface area contributed by atoms with Crippen LogP contribution in [0.2, 0.25) is 5.02 Å². The minimum absolute atomic E-state index is 0.266. The fourth-order valence-corrected chi connectivity index (χ4v) is 2.03. The standard InChI is InChI=1S/C15H20BClO2/c1-14(2)15(3,4)19-16(18-14)11-5-6-12-7-9-13(17)10-8-12/h5,7-11H,6H2,1-4H3. The van der Waals surface area contributed by atoms with Crippen molar-refractivity contribution in [3.05, 3.63) is 46.9 Å². The van der Waals surface area contributed by atoms with Crippen molar-refractivity contribution < 1.29 is 9.31 Å².